The molecule has 1 fully saturated rings. The molecule has 1 amide bonds. The van der Waals surface area contributed by atoms with E-state index in [0.29, 0.717) is 30.3 Å². The number of aromatic nitrogens is 3. The number of imidazole rings is 1. The summed E-state index contributed by atoms with van der Waals surface area (Å²) in [5.41, 5.74) is 1.50. The summed E-state index contributed by atoms with van der Waals surface area (Å²) < 4.78 is 2.01. The number of alkyl halides is 1. The van der Waals surface area contributed by atoms with Crippen molar-refractivity contribution in [2.75, 3.05) is 12.4 Å². The maximum atomic E-state index is 11.4. The molecule has 0 bridgehead atoms. The normalized spacial score (nSPS) is 19.1. The third-order valence-electron chi connectivity index (χ3n) is 3.21. The van der Waals surface area contributed by atoms with Crippen molar-refractivity contribution in [3.63, 3.8) is 0 Å². The standard InChI is InChI=1S/C12H12Cl2N4O/c13-2-1-10-17-9-3-7(14)5-16-12(9)18(10)8-4-11(19)15-6-8/h3,5,8H,1-2,4,6H2,(H,15,19). The van der Waals surface area contributed by atoms with Gasteiger partial charge in [-0.1, -0.05) is 11.6 Å². The van der Waals surface area contributed by atoms with Crippen LogP contribution in [0.15, 0.2) is 12.3 Å². The first-order chi connectivity index (χ1) is 9.19. The highest BCUT2D eigenvalue weighted by Gasteiger charge is 2.27. The van der Waals surface area contributed by atoms with Crippen molar-refractivity contribution in [2.24, 2.45) is 0 Å². The molecule has 0 spiro atoms. The monoisotopic (exact) mass is 298 g/mol. The fourth-order valence-corrected chi connectivity index (χ4v) is 2.74. The van der Waals surface area contributed by atoms with Gasteiger partial charge in [0.15, 0.2) is 5.65 Å². The average Bonchev–Trinajstić information content (AvgIpc) is 2.92. The smallest absolute Gasteiger partial charge is 0.222 e. The number of hydrogen-bond acceptors (Lipinski definition) is 3. The van der Waals surface area contributed by atoms with Crippen LogP contribution in [-0.4, -0.2) is 32.9 Å². The molecule has 1 aliphatic rings. The number of fused-ring (bicyclic) bond motifs is 1. The molecular weight excluding hydrogens is 287 g/mol. The highest BCUT2D eigenvalue weighted by atomic mass is 35.5. The van der Waals surface area contributed by atoms with E-state index in [2.05, 4.69) is 15.3 Å². The number of pyridine rings is 1. The van der Waals surface area contributed by atoms with E-state index in [1.807, 2.05) is 4.57 Å². The summed E-state index contributed by atoms with van der Waals surface area (Å²) in [6, 6.07) is 1.83. The zero-order valence-electron chi connectivity index (χ0n) is 10.1. The number of nitrogens with one attached hydrogen (secondary N) is 1. The van der Waals surface area contributed by atoms with Gasteiger partial charge in [0, 0.05) is 31.5 Å². The Hall–Kier alpha value is -1.33. The van der Waals surface area contributed by atoms with Crippen molar-refractivity contribution in [1.29, 1.82) is 0 Å². The van der Waals surface area contributed by atoms with E-state index in [4.69, 9.17) is 23.2 Å². The van der Waals surface area contributed by atoms with Crippen LogP contribution in [0, 0.1) is 0 Å². The van der Waals surface area contributed by atoms with Gasteiger partial charge < -0.3 is 9.88 Å². The van der Waals surface area contributed by atoms with Crippen LogP contribution in [0.2, 0.25) is 5.02 Å². The molecule has 2 aromatic heterocycles. The van der Waals surface area contributed by atoms with Gasteiger partial charge in [-0.25, -0.2) is 9.97 Å². The molecule has 0 aromatic carbocycles. The number of carbonyl (C=O) groups is 1. The molecule has 19 heavy (non-hydrogen) atoms. The Morgan fingerprint density at radius 1 is 1.53 bits per heavy atom. The van der Waals surface area contributed by atoms with Crippen molar-refractivity contribution >= 4 is 40.3 Å². The topological polar surface area (TPSA) is 59.8 Å². The molecule has 1 saturated heterocycles. The largest absolute Gasteiger partial charge is 0.354 e. The minimum absolute atomic E-state index is 0.0457. The summed E-state index contributed by atoms with van der Waals surface area (Å²) >= 11 is 11.8. The van der Waals surface area contributed by atoms with Crippen LogP contribution in [0.25, 0.3) is 11.2 Å². The van der Waals surface area contributed by atoms with Crippen LogP contribution >= 0.6 is 23.2 Å². The van der Waals surface area contributed by atoms with E-state index in [1.54, 1.807) is 12.3 Å². The lowest BCUT2D eigenvalue weighted by molar-refractivity contribution is -0.119. The lowest BCUT2D eigenvalue weighted by atomic mass is 10.2. The van der Waals surface area contributed by atoms with Crippen LogP contribution in [0.5, 0.6) is 0 Å². The van der Waals surface area contributed by atoms with Gasteiger partial charge in [0.2, 0.25) is 5.91 Å². The second kappa shape index (κ2) is 4.98. The highest BCUT2D eigenvalue weighted by molar-refractivity contribution is 6.31. The Morgan fingerprint density at radius 3 is 3.05 bits per heavy atom. The molecule has 3 rings (SSSR count). The summed E-state index contributed by atoms with van der Waals surface area (Å²) in [6.07, 6.45) is 2.68. The zero-order valence-corrected chi connectivity index (χ0v) is 11.6. The van der Waals surface area contributed by atoms with Gasteiger partial charge in [-0.15, -0.1) is 11.6 Å². The van der Waals surface area contributed by atoms with Crippen LogP contribution in [0.3, 0.4) is 0 Å². The fraction of sp³-hybridized carbons (Fsp3) is 0.417. The molecule has 1 aliphatic heterocycles. The Morgan fingerprint density at radius 2 is 2.37 bits per heavy atom. The van der Waals surface area contributed by atoms with Crippen molar-refractivity contribution in [3.8, 4) is 0 Å². The number of hydrogen-bond donors (Lipinski definition) is 1. The Kier molecular flexibility index (Phi) is 3.33. The first-order valence-corrected chi connectivity index (χ1v) is 6.95. The first-order valence-electron chi connectivity index (χ1n) is 6.04. The summed E-state index contributed by atoms with van der Waals surface area (Å²) in [5.74, 6) is 1.38. The molecule has 1 unspecified atom stereocenters. The van der Waals surface area contributed by atoms with E-state index in [-0.39, 0.29) is 11.9 Å². The number of rotatable bonds is 3. The lowest BCUT2D eigenvalue weighted by Crippen LogP contribution is -2.17. The minimum atomic E-state index is 0.0457. The molecular formula is C12H12Cl2N4O. The van der Waals surface area contributed by atoms with Gasteiger partial charge in [0.05, 0.1) is 11.1 Å². The number of halogens is 2. The van der Waals surface area contributed by atoms with Crippen molar-refractivity contribution in [3.05, 3.63) is 23.1 Å². The van der Waals surface area contributed by atoms with Gasteiger partial charge in [0.1, 0.15) is 11.3 Å². The number of aryl methyl sites for hydroxylation is 1. The van der Waals surface area contributed by atoms with Gasteiger partial charge >= 0.3 is 0 Å². The predicted molar refractivity (Wildman–Crippen MR) is 73.6 cm³/mol. The quantitative estimate of drug-likeness (QED) is 0.881. The van der Waals surface area contributed by atoms with Crippen LogP contribution < -0.4 is 5.32 Å². The van der Waals surface area contributed by atoms with Crippen molar-refractivity contribution in [1.82, 2.24) is 19.9 Å². The summed E-state index contributed by atoms with van der Waals surface area (Å²) in [6.45, 7) is 0.601. The third-order valence-corrected chi connectivity index (χ3v) is 3.60. The van der Waals surface area contributed by atoms with Crippen LogP contribution in [0.4, 0.5) is 0 Å². The number of amides is 1. The van der Waals surface area contributed by atoms with Gasteiger partial charge in [-0.3, -0.25) is 4.79 Å². The average molecular weight is 299 g/mol. The number of carbonyl (C=O) groups excluding carboxylic acids is 1. The van der Waals surface area contributed by atoms with Crippen LogP contribution in [0.1, 0.15) is 18.3 Å². The molecule has 3 heterocycles. The first kappa shape index (κ1) is 12.7. The molecule has 0 saturated carbocycles. The Bertz CT molecular complexity index is 640. The van der Waals surface area contributed by atoms with Crippen molar-refractivity contribution in [2.45, 2.75) is 18.9 Å². The van der Waals surface area contributed by atoms with Crippen LogP contribution in [-0.2, 0) is 11.2 Å². The molecule has 100 valence electrons. The Balaban J connectivity index is 2.13. The molecule has 0 radical (unpaired) electrons. The maximum Gasteiger partial charge on any atom is 0.222 e. The van der Waals surface area contributed by atoms with Gasteiger partial charge in [0.25, 0.3) is 0 Å². The maximum absolute atomic E-state index is 11.4. The van der Waals surface area contributed by atoms with Crippen molar-refractivity contribution < 1.29 is 4.79 Å². The number of nitrogens with zero attached hydrogens (tertiary/aromatic N) is 3. The highest BCUT2D eigenvalue weighted by Crippen LogP contribution is 2.26. The predicted octanol–water partition coefficient (Wildman–Crippen LogP) is 1.93. The van der Waals surface area contributed by atoms with E-state index in [9.17, 15) is 4.79 Å². The van der Waals surface area contributed by atoms with Gasteiger partial charge in [-0.2, -0.15) is 0 Å². The molecule has 7 heteroatoms. The Labute approximate surface area is 119 Å². The summed E-state index contributed by atoms with van der Waals surface area (Å²) in [5, 5.41) is 3.38. The molecule has 0 aliphatic carbocycles. The second-order valence-corrected chi connectivity index (χ2v) is 5.31. The third kappa shape index (κ3) is 2.28. The van der Waals surface area contributed by atoms with E-state index < -0.39 is 0 Å². The molecule has 5 nitrogen and oxygen atoms in total. The molecule has 2 aromatic rings. The van der Waals surface area contributed by atoms with Gasteiger partial charge in [-0.05, 0) is 6.07 Å². The summed E-state index contributed by atoms with van der Waals surface area (Å²) in [7, 11) is 0. The summed E-state index contributed by atoms with van der Waals surface area (Å²) in [4.78, 5) is 20.3. The van der Waals surface area contributed by atoms with E-state index in [0.717, 1.165) is 17.0 Å². The van der Waals surface area contributed by atoms with E-state index in [1.165, 1.54) is 0 Å². The molecule has 1 N–H and O–H groups in total. The second-order valence-electron chi connectivity index (χ2n) is 4.50. The lowest BCUT2D eigenvalue weighted by Gasteiger charge is -2.13. The fourth-order valence-electron chi connectivity index (χ4n) is 2.42. The zero-order chi connectivity index (χ0) is 13.4. The SMILES string of the molecule is O=C1CC(n2c(CCCl)nc3cc(Cl)cnc32)CN1. The molecule has 1 atom stereocenters. The minimum Gasteiger partial charge on any atom is -0.354 e. The van der Waals surface area contributed by atoms with E-state index >= 15 is 0 Å².